The minimum absolute atomic E-state index is 0.0373. The van der Waals surface area contributed by atoms with E-state index < -0.39 is 0 Å². The van der Waals surface area contributed by atoms with Crippen LogP contribution in [-0.2, 0) is 9.59 Å². The lowest BCUT2D eigenvalue weighted by Crippen LogP contribution is -2.43. The molecule has 0 unspecified atom stereocenters. The first-order valence-corrected chi connectivity index (χ1v) is 7.45. The molecule has 1 heterocycles. The van der Waals surface area contributed by atoms with Crippen molar-refractivity contribution in [3.63, 3.8) is 0 Å². The molecule has 1 aliphatic heterocycles. The van der Waals surface area contributed by atoms with Gasteiger partial charge < -0.3 is 16.0 Å². The largest absolute Gasteiger partial charge is 0.370 e. The summed E-state index contributed by atoms with van der Waals surface area (Å²) >= 11 is 11.9. The van der Waals surface area contributed by atoms with Crippen LogP contribution < -0.4 is 16.0 Å². The van der Waals surface area contributed by atoms with Crippen molar-refractivity contribution < 1.29 is 9.59 Å². The molecule has 0 bridgehead atoms. The Hall–Kier alpha value is -1.30. The molecule has 114 valence electrons. The summed E-state index contributed by atoms with van der Waals surface area (Å²) in [6, 6.07) is 4.67. The minimum atomic E-state index is -0.387. The van der Waals surface area contributed by atoms with Crippen LogP contribution in [0.3, 0.4) is 0 Å². The highest BCUT2D eigenvalue weighted by molar-refractivity contribution is 6.42. The number of benzene rings is 1. The zero-order chi connectivity index (χ0) is 15.6. The van der Waals surface area contributed by atoms with Gasteiger partial charge in [0.2, 0.25) is 11.8 Å². The second-order valence-electron chi connectivity index (χ2n) is 5.17. The topological polar surface area (TPSA) is 75.4 Å². The van der Waals surface area contributed by atoms with Gasteiger partial charge in [-0.1, -0.05) is 23.2 Å². The molecule has 0 spiro atoms. The molecule has 3 N–H and O–H groups in total. The molecule has 1 saturated heterocycles. The maximum absolute atomic E-state index is 12.4. The van der Waals surface area contributed by atoms with Crippen molar-refractivity contribution in [2.45, 2.75) is 31.8 Å². The fourth-order valence-electron chi connectivity index (χ4n) is 2.45. The fraction of sp³-hybridized carbons (Fsp3) is 0.429. The number of carbonyl (C=O) groups excluding carboxylic acids is 2. The van der Waals surface area contributed by atoms with Crippen molar-refractivity contribution in [2.24, 2.45) is 5.73 Å². The third-order valence-corrected chi connectivity index (χ3v) is 4.15. The average molecular weight is 330 g/mol. The normalized spacial score (nSPS) is 19.9. The fourth-order valence-corrected chi connectivity index (χ4v) is 2.74. The Morgan fingerprint density at radius 1 is 1.48 bits per heavy atom. The van der Waals surface area contributed by atoms with Crippen LogP contribution in [0.5, 0.6) is 0 Å². The van der Waals surface area contributed by atoms with E-state index in [2.05, 4.69) is 5.32 Å². The smallest absolute Gasteiger partial charge is 0.244 e. The number of halogens is 2. The van der Waals surface area contributed by atoms with Crippen LogP contribution in [0.25, 0.3) is 0 Å². The van der Waals surface area contributed by atoms with Crippen molar-refractivity contribution in [1.82, 2.24) is 5.32 Å². The molecule has 2 atom stereocenters. The molecule has 0 saturated carbocycles. The number of nitrogens with zero attached hydrogens (tertiary/aromatic N) is 1. The van der Waals surface area contributed by atoms with Gasteiger partial charge in [0.1, 0.15) is 0 Å². The average Bonchev–Trinajstić information content (AvgIpc) is 2.74. The summed E-state index contributed by atoms with van der Waals surface area (Å²) in [6.45, 7) is 2.43. The molecule has 5 nitrogen and oxygen atoms in total. The Morgan fingerprint density at radius 3 is 2.81 bits per heavy atom. The van der Waals surface area contributed by atoms with E-state index in [1.165, 1.54) is 0 Å². The lowest BCUT2D eigenvalue weighted by Gasteiger charge is -2.20. The Bertz CT molecular complexity index is 565. The number of nitrogens with one attached hydrogen (secondary N) is 1. The predicted molar refractivity (Wildman–Crippen MR) is 83.6 cm³/mol. The van der Waals surface area contributed by atoms with E-state index in [9.17, 15) is 9.59 Å². The molecule has 1 aromatic carbocycles. The van der Waals surface area contributed by atoms with E-state index >= 15 is 0 Å². The third-order valence-electron chi connectivity index (χ3n) is 3.41. The highest BCUT2D eigenvalue weighted by Crippen LogP contribution is 2.29. The zero-order valence-corrected chi connectivity index (χ0v) is 13.1. The minimum Gasteiger partial charge on any atom is -0.370 e. The predicted octanol–water partition coefficient (Wildman–Crippen LogP) is 1.95. The van der Waals surface area contributed by atoms with Crippen LogP contribution >= 0.6 is 23.2 Å². The highest BCUT2D eigenvalue weighted by Gasteiger charge is 2.33. The lowest BCUT2D eigenvalue weighted by atomic mass is 10.1. The first-order valence-electron chi connectivity index (χ1n) is 6.69. The summed E-state index contributed by atoms with van der Waals surface area (Å²) in [7, 11) is 0. The molecule has 0 radical (unpaired) electrons. The van der Waals surface area contributed by atoms with Gasteiger partial charge >= 0.3 is 0 Å². The second kappa shape index (κ2) is 6.64. The van der Waals surface area contributed by atoms with E-state index in [0.29, 0.717) is 23.0 Å². The SMILES string of the molecule is C[C@H](CC(N)=O)N[C@H]1CCN(c2ccc(Cl)c(Cl)c2)C1=O. The molecule has 7 heteroatoms. The van der Waals surface area contributed by atoms with Gasteiger partial charge in [-0.25, -0.2) is 0 Å². The molecule has 0 aromatic heterocycles. The van der Waals surface area contributed by atoms with Crippen LogP contribution in [0.2, 0.25) is 10.0 Å². The summed E-state index contributed by atoms with van der Waals surface area (Å²) in [4.78, 5) is 24.9. The van der Waals surface area contributed by atoms with Crippen LogP contribution in [-0.4, -0.2) is 30.4 Å². The van der Waals surface area contributed by atoms with Gasteiger partial charge in [-0.2, -0.15) is 0 Å². The van der Waals surface area contributed by atoms with Crippen molar-refractivity contribution >= 4 is 40.7 Å². The van der Waals surface area contributed by atoms with E-state index in [1.54, 1.807) is 23.1 Å². The number of anilines is 1. The van der Waals surface area contributed by atoms with Crippen LogP contribution in [0, 0.1) is 0 Å². The van der Waals surface area contributed by atoms with Gasteiger partial charge in [-0.05, 0) is 31.5 Å². The Labute approximate surface area is 133 Å². The highest BCUT2D eigenvalue weighted by atomic mass is 35.5. The zero-order valence-electron chi connectivity index (χ0n) is 11.6. The first-order chi connectivity index (χ1) is 9.88. The number of amides is 2. The Morgan fingerprint density at radius 2 is 2.19 bits per heavy atom. The van der Waals surface area contributed by atoms with Crippen molar-refractivity contribution in [2.75, 3.05) is 11.4 Å². The number of hydrogen-bond acceptors (Lipinski definition) is 3. The summed E-state index contributed by atoms with van der Waals surface area (Å²) in [6.07, 6.45) is 0.874. The Kier molecular flexibility index (Phi) is 5.08. The van der Waals surface area contributed by atoms with Gasteiger partial charge in [0.15, 0.2) is 0 Å². The van der Waals surface area contributed by atoms with Gasteiger partial charge in [0.25, 0.3) is 0 Å². The van der Waals surface area contributed by atoms with E-state index in [0.717, 1.165) is 5.69 Å². The van der Waals surface area contributed by atoms with Crippen molar-refractivity contribution in [3.8, 4) is 0 Å². The summed E-state index contributed by atoms with van der Waals surface area (Å²) in [5.41, 5.74) is 5.87. The lowest BCUT2D eigenvalue weighted by molar-refractivity contribution is -0.120. The quantitative estimate of drug-likeness (QED) is 0.866. The summed E-state index contributed by atoms with van der Waals surface area (Å²) < 4.78 is 0. The summed E-state index contributed by atoms with van der Waals surface area (Å²) in [5.74, 6) is -0.425. The van der Waals surface area contributed by atoms with Gasteiger partial charge in [0.05, 0.1) is 16.1 Å². The molecule has 1 aromatic rings. The van der Waals surface area contributed by atoms with Crippen LogP contribution in [0.1, 0.15) is 19.8 Å². The van der Waals surface area contributed by atoms with Crippen molar-refractivity contribution in [3.05, 3.63) is 28.2 Å². The number of nitrogens with two attached hydrogens (primary N) is 1. The van der Waals surface area contributed by atoms with Crippen molar-refractivity contribution in [1.29, 1.82) is 0 Å². The van der Waals surface area contributed by atoms with Gasteiger partial charge in [0, 0.05) is 24.7 Å². The first kappa shape index (κ1) is 16.1. The second-order valence-corrected chi connectivity index (χ2v) is 5.98. The monoisotopic (exact) mass is 329 g/mol. The molecule has 1 aliphatic rings. The molecular formula is C14H17Cl2N3O2. The molecular weight excluding hydrogens is 313 g/mol. The number of carbonyl (C=O) groups is 2. The standard InChI is InChI=1S/C14H17Cl2N3O2/c1-8(6-13(17)20)18-12-4-5-19(14(12)21)9-2-3-10(15)11(16)7-9/h2-3,7-8,12,18H,4-6H2,1H3,(H2,17,20)/t8-,12+/m1/s1. The number of rotatable bonds is 5. The number of primary amides is 1. The molecule has 2 rings (SSSR count). The molecule has 2 amide bonds. The van der Waals surface area contributed by atoms with Crippen LogP contribution in [0.15, 0.2) is 18.2 Å². The number of hydrogen-bond donors (Lipinski definition) is 2. The summed E-state index contributed by atoms with van der Waals surface area (Å²) in [5, 5.41) is 4.01. The maximum atomic E-state index is 12.4. The molecule has 21 heavy (non-hydrogen) atoms. The Balaban J connectivity index is 2.04. The van der Waals surface area contributed by atoms with E-state index in [1.807, 2.05) is 6.92 Å². The van der Waals surface area contributed by atoms with Crippen LogP contribution in [0.4, 0.5) is 5.69 Å². The van der Waals surface area contributed by atoms with E-state index in [-0.39, 0.29) is 30.3 Å². The van der Waals surface area contributed by atoms with Gasteiger partial charge in [-0.15, -0.1) is 0 Å². The molecule has 1 fully saturated rings. The maximum Gasteiger partial charge on any atom is 0.244 e. The molecule has 0 aliphatic carbocycles. The van der Waals surface area contributed by atoms with E-state index in [4.69, 9.17) is 28.9 Å². The third kappa shape index (κ3) is 3.87. The van der Waals surface area contributed by atoms with Gasteiger partial charge in [-0.3, -0.25) is 9.59 Å².